The van der Waals surface area contributed by atoms with Gasteiger partial charge in [0.15, 0.2) is 0 Å². The number of carbonyl (C=O) groups is 1. The van der Waals surface area contributed by atoms with E-state index in [1.807, 2.05) is 30.3 Å². The number of methoxy groups -OCH3 is 1. The molecule has 0 saturated carbocycles. The van der Waals surface area contributed by atoms with Crippen molar-refractivity contribution in [3.63, 3.8) is 0 Å². The molecule has 5 nitrogen and oxygen atoms in total. The van der Waals surface area contributed by atoms with Crippen molar-refractivity contribution < 1.29 is 19.7 Å². The molecule has 0 unspecified atom stereocenters. The Balaban J connectivity index is 1.81. The molecule has 0 aromatic heterocycles. The SMILES string of the molecule is COc1cc2c(c(O)c1CCCO)CN(CCc1ccccc1)C2=O. The van der Waals surface area contributed by atoms with Gasteiger partial charge in [0.2, 0.25) is 0 Å². The summed E-state index contributed by atoms with van der Waals surface area (Å²) in [5, 5.41) is 19.7. The first-order valence-corrected chi connectivity index (χ1v) is 8.51. The van der Waals surface area contributed by atoms with Gasteiger partial charge in [-0.15, -0.1) is 0 Å². The first-order chi connectivity index (χ1) is 12.2. The lowest BCUT2D eigenvalue weighted by atomic mass is 9.99. The standard InChI is InChI=1S/C20H23NO4/c1-25-18-12-16-17(19(23)15(18)8-5-11-22)13-21(20(16)24)10-9-14-6-3-2-4-7-14/h2-4,6-7,12,22-23H,5,8-11,13H2,1H3. The van der Waals surface area contributed by atoms with Gasteiger partial charge in [-0.1, -0.05) is 30.3 Å². The van der Waals surface area contributed by atoms with Crippen LogP contribution in [0.3, 0.4) is 0 Å². The molecule has 0 atom stereocenters. The molecule has 2 N–H and O–H groups in total. The lowest BCUT2D eigenvalue weighted by Gasteiger charge is -2.15. The number of fused-ring (bicyclic) bond motifs is 1. The molecule has 5 heteroatoms. The predicted octanol–water partition coefficient (Wildman–Crippen LogP) is 2.52. The molecule has 0 aliphatic carbocycles. The molecule has 3 rings (SSSR count). The highest BCUT2D eigenvalue weighted by molar-refractivity contribution is 6.00. The van der Waals surface area contributed by atoms with Crippen LogP contribution in [0.2, 0.25) is 0 Å². The van der Waals surface area contributed by atoms with Crippen molar-refractivity contribution in [2.24, 2.45) is 0 Å². The Hall–Kier alpha value is -2.53. The van der Waals surface area contributed by atoms with E-state index >= 15 is 0 Å². The molecule has 0 bridgehead atoms. The third kappa shape index (κ3) is 3.46. The Morgan fingerprint density at radius 1 is 1.20 bits per heavy atom. The van der Waals surface area contributed by atoms with Crippen LogP contribution >= 0.6 is 0 Å². The molecule has 0 radical (unpaired) electrons. The van der Waals surface area contributed by atoms with E-state index in [0.717, 1.165) is 6.42 Å². The molecule has 1 amide bonds. The van der Waals surface area contributed by atoms with E-state index in [1.54, 1.807) is 11.0 Å². The number of ether oxygens (including phenoxy) is 1. The first-order valence-electron chi connectivity index (χ1n) is 8.51. The van der Waals surface area contributed by atoms with Crippen LogP contribution in [0.25, 0.3) is 0 Å². The highest BCUT2D eigenvalue weighted by Crippen LogP contribution is 2.39. The van der Waals surface area contributed by atoms with Crippen molar-refractivity contribution in [3.05, 3.63) is 58.7 Å². The van der Waals surface area contributed by atoms with E-state index in [9.17, 15) is 9.90 Å². The summed E-state index contributed by atoms with van der Waals surface area (Å²) in [5.74, 6) is 0.551. The molecule has 0 saturated heterocycles. The molecular formula is C20H23NO4. The molecular weight excluding hydrogens is 318 g/mol. The highest BCUT2D eigenvalue weighted by Gasteiger charge is 2.32. The van der Waals surface area contributed by atoms with Crippen molar-refractivity contribution in [2.45, 2.75) is 25.8 Å². The third-order valence-corrected chi connectivity index (χ3v) is 4.65. The summed E-state index contributed by atoms with van der Waals surface area (Å²) in [6.45, 7) is 1.05. The third-order valence-electron chi connectivity index (χ3n) is 4.65. The van der Waals surface area contributed by atoms with Crippen LogP contribution in [0, 0.1) is 0 Å². The number of aromatic hydroxyl groups is 1. The summed E-state index contributed by atoms with van der Waals surface area (Å²) in [4.78, 5) is 14.4. The molecule has 0 fully saturated rings. The minimum atomic E-state index is -0.0757. The average Bonchev–Trinajstić information content (AvgIpc) is 2.96. The fraction of sp³-hybridized carbons (Fsp3) is 0.350. The van der Waals surface area contributed by atoms with Crippen molar-refractivity contribution in [2.75, 3.05) is 20.3 Å². The van der Waals surface area contributed by atoms with E-state index in [2.05, 4.69) is 0 Å². The summed E-state index contributed by atoms with van der Waals surface area (Å²) in [6, 6.07) is 11.7. The normalized spacial score (nSPS) is 13.2. The fourth-order valence-corrected chi connectivity index (χ4v) is 3.28. The molecule has 1 heterocycles. The van der Waals surface area contributed by atoms with E-state index in [4.69, 9.17) is 9.84 Å². The van der Waals surface area contributed by atoms with Gasteiger partial charge in [0.25, 0.3) is 5.91 Å². The van der Waals surface area contributed by atoms with Crippen molar-refractivity contribution in [1.29, 1.82) is 0 Å². The summed E-state index contributed by atoms with van der Waals surface area (Å²) < 4.78 is 5.35. The van der Waals surface area contributed by atoms with Gasteiger partial charge in [0.1, 0.15) is 11.5 Å². The maximum Gasteiger partial charge on any atom is 0.254 e. The smallest absolute Gasteiger partial charge is 0.254 e. The average molecular weight is 341 g/mol. The maximum absolute atomic E-state index is 12.7. The topological polar surface area (TPSA) is 70.0 Å². The Labute approximate surface area is 147 Å². The van der Waals surface area contributed by atoms with Gasteiger partial charge < -0.3 is 19.8 Å². The first kappa shape index (κ1) is 17.3. The number of phenols is 1. The van der Waals surface area contributed by atoms with Crippen LogP contribution in [0.4, 0.5) is 0 Å². The zero-order chi connectivity index (χ0) is 17.8. The summed E-state index contributed by atoms with van der Waals surface area (Å²) >= 11 is 0. The van der Waals surface area contributed by atoms with Gasteiger partial charge in [-0.05, 0) is 30.9 Å². The zero-order valence-corrected chi connectivity index (χ0v) is 14.4. The van der Waals surface area contributed by atoms with E-state index in [-0.39, 0.29) is 18.3 Å². The van der Waals surface area contributed by atoms with Gasteiger partial charge in [-0.2, -0.15) is 0 Å². The second kappa shape index (κ2) is 7.57. The number of carbonyl (C=O) groups excluding carboxylic acids is 1. The number of nitrogens with zero attached hydrogens (tertiary/aromatic N) is 1. The van der Waals surface area contributed by atoms with Crippen molar-refractivity contribution in [3.8, 4) is 11.5 Å². The van der Waals surface area contributed by atoms with Crippen molar-refractivity contribution >= 4 is 5.91 Å². The number of aliphatic hydroxyl groups is 1. The summed E-state index contributed by atoms with van der Waals surface area (Å²) in [7, 11) is 1.52. The van der Waals surface area contributed by atoms with Gasteiger partial charge in [0, 0.05) is 24.3 Å². The molecule has 2 aromatic carbocycles. The number of benzene rings is 2. The van der Waals surface area contributed by atoms with Crippen LogP contribution in [0.1, 0.15) is 33.5 Å². The zero-order valence-electron chi connectivity index (χ0n) is 14.4. The van der Waals surface area contributed by atoms with Crippen LogP contribution in [-0.4, -0.2) is 41.3 Å². The molecule has 25 heavy (non-hydrogen) atoms. The molecule has 132 valence electrons. The summed E-state index contributed by atoms with van der Waals surface area (Å²) in [5.41, 5.74) is 3.01. The van der Waals surface area contributed by atoms with E-state index < -0.39 is 0 Å². The van der Waals surface area contributed by atoms with E-state index in [0.29, 0.717) is 48.4 Å². The van der Waals surface area contributed by atoms with Gasteiger partial charge in [-0.25, -0.2) is 0 Å². The quantitative estimate of drug-likeness (QED) is 0.812. The Bertz CT molecular complexity index is 758. The van der Waals surface area contributed by atoms with Crippen molar-refractivity contribution in [1.82, 2.24) is 4.90 Å². The monoisotopic (exact) mass is 341 g/mol. The Morgan fingerprint density at radius 2 is 1.96 bits per heavy atom. The maximum atomic E-state index is 12.7. The highest BCUT2D eigenvalue weighted by atomic mass is 16.5. The molecule has 0 spiro atoms. The number of phenolic OH excluding ortho intramolecular Hbond substituents is 1. The van der Waals surface area contributed by atoms with Crippen LogP contribution in [0.15, 0.2) is 36.4 Å². The summed E-state index contributed by atoms with van der Waals surface area (Å²) in [6.07, 6.45) is 1.82. The minimum absolute atomic E-state index is 0.0435. The second-order valence-corrected chi connectivity index (χ2v) is 6.22. The van der Waals surface area contributed by atoms with Crippen LogP contribution in [-0.2, 0) is 19.4 Å². The molecule has 1 aliphatic heterocycles. The van der Waals surface area contributed by atoms with E-state index in [1.165, 1.54) is 12.7 Å². The molecule has 2 aromatic rings. The van der Waals surface area contributed by atoms with Crippen LogP contribution < -0.4 is 4.74 Å². The minimum Gasteiger partial charge on any atom is -0.507 e. The van der Waals surface area contributed by atoms with Gasteiger partial charge in [-0.3, -0.25) is 4.79 Å². The largest absolute Gasteiger partial charge is 0.507 e. The number of amides is 1. The van der Waals surface area contributed by atoms with Crippen LogP contribution in [0.5, 0.6) is 11.5 Å². The van der Waals surface area contributed by atoms with Gasteiger partial charge in [0.05, 0.1) is 19.2 Å². The molecule has 1 aliphatic rings. The predicted molar refractivity (Wildman–Crippen MR) is 95.0 cm³/mol. The Morgan fingerprint density at radius 3 is 2.64 bits per heavy atom. The lowest BCUT2D eigenvalue weighted by molar-refractivity contribution is 0.0780. The lowest BCUT2D eigenvalue weighted by Crippen LogP contribution is -2.26. The number of rotatable bonds is 7. The second-order valence-electron chi connectivity index (χ2n) is 6.22. The Kier molecular flexibility index (Phi) is 5.24. The van der Waals surface area contributed by atoms with Gasteiger partial charge >= 0.3 is 0 Å². The fourth-order valence-electron chi connectivity index (χ4n) is 3.28. The number of hydrogen-bond acceptors (Lipinski definition) is 4. The number of aliphatic hydroxyl groups excluding tert-OH is 1. The number of hydrogen-bond donors (Lipinski definition) is 2.